The number of hydrogen-bond donors (Lipinski definition) is 4. The summed E-state index contributed by atoms with van der Waals surface area (Å²) in [7, 11) is 0. The Hall–Kier alpha value is -2.06. The fourth-order valence-electron chi connectivity index (χ4n) is 3.09. The number of nitrogens with zero attached hydrogens (tertiary/aromatic N) is 2. The van der Waals surface area contributed by atoms with Crippen LogP contribution in [0.1, 0.15) is 17.5 Å². The third-order valence-electron chi connectivity index (χ3n) is 4.46. The van der Waals surface area contributed by atoms with Gasteiger partial charge in [0, 0.05) is 11.3 Å². The van der Waals surface area contributed by atoms with Crippen molar-refractivity contribution in [2.24, 2.45) is 0 Å². The van der Waals surface area contributed by atoms with E-state index < -0.39 is 37.3 Å². The van der Waals surface area contributed by atoms with Gasteiger partial charge in [0.05, 0.1) is 18.4 Å². The van der Waals surface area contributed by atoms with Crippen LogP contribution < -0.4 is 0 Å². The predicted molar refractivity (Wildman–Crippen MR) is 91.4 cm³/mol. The van der Waals surface area contributed by atoms with Gasteiger partial charge < -0.3 is 34.1 Å². The van der Waals surface area contributed by atoms with Gasteiger partial charge in [0.1, 0.15) is 40.9 Å². The number of hydrogen-bond acceptors (Lipinski definition) is 8. The Morgan fingerprint density at radius 3 is 2.58 bits per heavy atom. The molecule has 9 heteroatoms. The van der Waals surface area contributed by atoms with Crippen molar-refractivity contribution in [1.82, 2.24) is 4.57 Å². The first-order valence-electron chi connectivity index (χ1n) is 7.91. The van der Waals surface area contributed by atoms with Crippen molar-refractivity contribution in [2.45, 2.75) is 37.6 Å². The number of rotatable bonds is 3. The molecular formula is C17H18N2O6S. The summed E-state index contributed by atoms with van der Waals surface area (Å²) in [6, 6.07) is 7.08. The second kappa shape index (κ2) is 7.28. The van der Waals surface area contributed by atoms with Gasteiger partial charge >= 0.3 is 0 Å². The zero-order valence-corrected chi connectivity index (χ0v) is 14.6. The topological polar surface area (TPSA) is 132 Å². The first-order chi connectivity index (χ1) is 12.4. The fraction of sp³-hybridized carbons (Fsp3) is 0.412. The molecule has 0 aliphatic carbocycles. The summed E-state index contributed by atoms with van der Waals surface area (Å²) in [5, 5.41) is 49.2. The van der Waals surface area contributed by atoms with Crippen LogP contribution in [-0.4, -0.2) is 56.0 Å². The molecule has 2 aromatic heterocycles. The molecule has 26 heavy (non-hydrogen) atoms. The SMILES string of the molecule is Cc1cc(-c2ccco2)c(C#N)c(=S)n1C1OC(CO)C(O)C(O)C1O. The lowest BCUT2D eigenvalue weighted by Crippen LogP contribution is -2.56. The van der Waals surface area contributed by atoms with Crippen molar-refractivity contribution in [3.8, 4) is 17.4 Å². The zero-order valence-electron chi connectivity index (χ0n) is 13.8. The number of furan rings is 1. The Morgan fingerprint density at radius 1 is 1.27 bits per heavy atom. The average Bonchev–Trinajstić information content (AvgIpc) is 3.15. The molecule has 2 aromatic rings. The van der Waals surface area contributed by atoms with E-state index in [2.05, 4.69) is 0 Å². The number of aliphatic hydroxyl groups is 4. The highest BCUT2D eigenvalue weighted by Crippen LogP contribution is 2.33. The van der Waals surface area contributed by atoms with Crippen LogP contribution in [-0.2, 0) is 4.74 Å². The quantitative estimate of drug-likeness (QED) is 0.572. The number of aliphatic hydroxyl groups excluding tert-OH is 4. The Morgan fingerprint density at radius 2 is 2.00 bits per heavy atom. The normalized spacial score (nSPS) is 28.7. The highest BCUT2D eigenvalue weighted by Gasteiger charge is 2.44. The van der Waals surface area contributed by atoms with E-state index in [4.69, 9.17) is 21.4 Å². The van der Waals surface area contributed by atoms with E-state index in [0.717, 1.165) is 0 Å². The third-order valence-corrected chi connectivity index (χ3v) is 4.86. The number of pyridine rings is 1. The molecule has 0 saturated carbocycles. The van der Waals surface area contributed by atoms with Crippen LogP contribution in [0, 0.1) is 22.9 Å². The molecule has 138 valence electrons. The third kappa shape index (κ3) is 2.97. The van der Waals surface area contributed by atoms with Gasteiger partial charge in [-0.05, 0) is 25.1 Å². The fourth-order valence-corrected chi connectivity index (χ4v) is 3.50. The predicted octanol–water partition coefficient (Wildman–Crippen LogP) is 0.630. The molecule has 4 N–H and O–H groups in total. The highest BCUT2D eigenvalue weighted by atomic mass is 32.1. The zero-order chi connectivity index (χ0) is 19.0. The molecule has 0 amide bonds. The smallest absolute Gasteiger partial charge is 0.164 e. The maximum Gasteiger partial charge on any atom is 0.164 e. The van der Waals surface area contributed by atoms with Crippen LogP contribution in [0.25, 0.3) is 11.3 Å². The largest absolute Gasteiger partial charge is 0.464 e. The molecule has 3 rings (SSSR count). The molecule has 0 bridgehead atoms. The van der Waals surface area contributed by atoms with Gasteiger partial charge in [-0.15, -0.1) is 0 Å². The maximum absolute atomic E-state index is 10.4. The minimum Gasteiger partial charge on any atom is -0.464 e. The minimum absolute atomic E-state index is 0.0863. The molecule has 1 saturated heterocycles. The van der Waals surface area contributed by atoms with E-state index >= 15 is 0 Å². The van der Waals surface area contributed by atoms with Crippen LogP contribution >= 0.6 is 12.2 Å². The van der Waals surface area contributed by atoms with Crippen molar-refractivity contribution in [2.75, 3.05) is 6.61 Å². The van der Waals surface area contributed by atoms with Crippen LogP contribution in [0.3, 0.4) is 0 Å². The van der Waals surface area contributed by atoms with Gasteiger partial charge in [-0.25, -0.2) is 0 Å². The Bertz CT molecular complexity index is 886. The number of ether oxygens (including phenoxy) is 1. The second-order valence-electron chi connectivity index (χ2n) is 6.06. The molecule has 1 fully saturated rings. The lowest BCUT2D eigenvalue weighted by atomic mass is 9.97. The molecule has 8 nitrogen and oxygen atoms in total. The number of aryl methyl sites for hydroxylation is 1. The van der Waals surface area contributed by atoms with Gasteiger partial charge in [0.15, 0.2) is 6.23 Å². The minimum atomic E-state index is -1.54. The van der Waals surface area contributed by atoms with Crippen molar-refractivity contribution in [3.63, 3.8) is 0 Å². The van der Waals surface area contributed by atoms with Gasteiger partial charge in [-0.2, -0.15) is 5.26 Å². The van der Waals surface area contributed by atoms with Crippen molar-refractivity contribution in [1.29, 1.82) is 5.26 Å². The highest BCUT2D eigenvalue weighted by molar-refractivity contribution is 7.71. The molecular weight excluding hydrogens is 360 g/mol. The van der Waals surface area contributed by atoms with Crippen LogP contribution in [0.4, 0.5) is 0 Å². The summed E-state index contributed by atoms with van der Waals surface area (Å²) in [4.78, 5) is 0. The van der Waals surface area contributed by atoms with Gasteiger partial charge in [-0.3, -0.25) is 0 Å². The van der Waals surface area contributed by atoms with E-state index in [1.807, 2.05) is 6.07 Å². The van der Waals surface area contributed by atoms with Crippen LogP contribution in [0.2, 0.25) is 0 Å². The van der Waals surface area contributed by atoms with Crippen molar-refractivity contribution >= 4 is 12.2 Å². The molecule has 3 heterocycles. The first-order valence-corrected chi connectivity index (χ1v) is 8.32. The molecule has 5 atom stereocenters. The summed E-state index contributed by atoms with van der Waals surface area (Å²) >= 11 is 5.42. The Labute approximate surface area is 154 Å². The monoisotopic (exact) mass is 378 g/mol. The Kier molecular flexibility index (Phi) is 5.24. The molecule has 0 spiro atoms. The molecule has 1 aliphatic rings. The number of aromatic nitrogens is 1. The van der Waals surface area contributed by atoms with Crippen LogP contribution in [0.15, 0.2) is 28.9 Å². The first kappa shape index (κ1) is 18.7. The summed E-state index contributed by atoms with van der Waals surface area (Å²) in [6.45, 7) is 1.15. The van der Waals surface area contributed by atoms with Crippen molar-refractivity contribution in [3.05, 3.63) is 40.4 Å². The molecule has 0 radical (unpaired) electrons. The lowest BCUT2D eigenvalue weighted by Gasteiger charge is -2.41. The lowest BCUT2D eigenvalue weighted by molar-refractivity contribution is -0.252. The van der Waals surface area contributed by atoms with E-state index in [9.17, 15) is 25.7 Å². The summed E-state index contributed by atoms with van der Waals surface area (Å²) in [6.07, 6.45) is -5.28. The van der Waals surface area contributed by atoms with Crippen LogP contribution in [0.5, 0.6) is 0 Å². The summed E-state index contributed by atoms with van der Waals surface area (Å²) in [5.41, 5.74) is 1.20. The van der Waals surface area contributed by atoms with Gasteiger partial charge in [-0.1, -0.05) is 12.2 Å². The van der Waals surface area contributed by atoms with E-state index in [1.54, 1.807) is 25.1 Å². The summed E-state index contributed by atoms with van der Waals surface area (Å²) < 4.78 is 12.4. The van der Waals surface area contributed by atoms with E-state index in [1.165, 1.54) is 10.8 Å². The standard InChI is InChI=1S/C17H18N2O6S/c1-8-5-9(11-3-2-4-24-11)10(6-18)17(26)19(8)16-15(23)14(22)13(21)12(7-20)25-16/h2-5,12-16,20-23H,7H2,1H3. The average molecular weight is 378 g/mol. The van der Waals surface area contributed by atoms with Gasteiger partial charge in [0.25, 0.3) is 0 Å². The van der Waals surface area contributed by atoms with Crippen molar-refractivity contribution < 1.29 is 29.6 Å². The van der Waals surface area contributed by atoms with E-state index in [-0.39, 0.29) is 10.2 Å². The summed E-state index contributed by atoms with van der Waals surface area (Å²) in [5.74, 6) is 0.469. The Balaban J connectivity index is 2.14. The molecule has 1 aliphatic heterocycles. The molecule has 5 unspecified atom stereocenters. The number of nitriles is 1. The maximum atomic E-state index is 10.4. The second-order valence-corrected chi connectivity index (χ2v) is 6.44. The van der Waals surface area contributed by atoms with Gasteiger partial charge in [0.2, 0.25) is 0 Å². The molecule has 0 aromatic carbocycles. The van der Waals surface area contributed by atoms with E-state index in [0.29, 0.717) is 17.0 Å².